The molecule has 1 N–H and O–H groups in total. The maximum Gasteiger partial charge on any atom is 0.195 e. The highest BCUT2D eigenvalue weighted by molar-refractivity contribution is 5.79. The summed E-state index contributed by atoms with van der Waals surface area (Å²) in [5.41, 5.74) is -0.832. The number of aliphatic hydroxyl groups is 1. The molecule has 1 spiro atoms. The Labute approximate surface area is 153 Å². The van der Waals surface area contributed by atoms with Gasteiger partial charge in [-0.05, 0) is 80.4 Å². The van der Waals surface area contributed by atoms with Gasteiger partial charge >= 0.3 is 0 Å². The van der Waals surface area contributed by atoms with Crippen molar-refractivity contribution in [1.82, 2.24) is 0 Å². The van der Waals surface area contributed by atoms with Crippen LogP contribution in [0, 0.1) is 40.4 Å². The van der Waals surface area contributed by atoms with Crippen LogP contribution in [-0.4, -0.2) is 22.7 Å². The predicted molar refractivity (Wildman–Crippen MR) is 94.9 cm³/mol. The van der Waals surface area contributed by atoms with Gasteiger partial charge in [-0.3, -0.25) is 4.79 Å². The first-order valence-electron chi connectivity index (χ1n) is 11.2. The number of rotatable bonds is 1. The average molecular weight is 349 g/mol. The standard InChI is InChI=1S/C21H32N2O2/c1-12(24)16-6-7-17-15-5-4-13-10-14(25)8-9-19(13,2)18(15)21(22-23-21)11-20(16,17)3/h13-18,25H,4-11H2,1-3H3/t13-,14+,15-,16+,17-,18-,19-,20+/m0/s1/i10T,13T/t10-,13+,14-,15+,16-,17+,18+,19+,20-/m1. The molecule has 4 aliphatic carbocycles. The van der Waals surface area contributed by atoms with Crippen molar-refractivity contribution in [1.29, 1.82) is 0 Å². The van der Waals surface area contributed by atoms with Gasteiger partial charge in [-0.25, -0.2) is 0 Å². The lowest BCUT2D eigenvalue weighted by Gasteiger charge is -2.62. The van der Waals surface area contributed by atoms with Crippen molar-refractivity contribution in [3.05, 3.63) is 0 Å². The Morgan fingerprint density at radius 3 is 2.60 bits per heavy atom. The van der Waals surface area contributed by atoms with Crippen molar-refractivity contribution >= 4 is 5.78 Å². The van der Waals surface area contributed by atoms with Gasteiger partial charge in [0.1, 0.15) is 5.78 Å². The zero-order valence-electron chi connectivity index (χ0n) is 17.7. The van der Waals surface area contributed by atoms with Crippen LogP contribution in [0.5, 0.6) is 0 Å². The molecule has 0 aromatic rings. The van der Waals surface area contributed by atoms with E-state index in [2.05, 4.69) is 24.1 Å². The summed E-state index contributed by atoms with van der Waals surface area (Å²) in [6.45, 7) is 6.22. The van der Waals surface area contributed by atoms with Gasteiger partial charge in [0.25, 0.3) is 0 Å². The minimum absolute atomic E-state index is 0.0383. The number of ketones is 1. The third kappa shape index (κ3) is 2.01. The molecule has 0 amide bonds. The lowest BCUT2D eigenvalue weighted by Crippen LogP contribution is -2.60. The Bertz CT molecular complexity index is 723. The average Bonchev–Trinajstić information content (AvgIpc) is 3.25. The second-order valence-corrected chi connectivity index (χ2v) is 10.0. The number of nitrogens with zero attached hydrogens (tertiary/aromatic N) is 2. The minimum Gasteiger partial charge on any atom is -0.393 e. The lowest BCUT2D eigenvalue weighted by molar-refractivity contribution is -0.151. The summed E-state index contributed by atoms with van der Waals surface area (Å²) >= 11 is 0. The molecular formula is C21H32N2O2. The van der Waals surface area contributed by atoms with Crippen LogP contribution in [-0.2, 0) is 4.79 Å². The third-order valence-corrected chi connectivity index (χ3v) is 8.86. The molecule has 1 aliphatic heterocycles. The Morgan fingerprint density at radius 1 is 1.16 bits per heavy atom. The van der Waals surface area contributed by atoms with Gasteiger partial charge in [0.2, 0.25) is 0 Å². The molecule has 5 aliphatic rings. The van der Waals surface area contributed by atoms with Crippen LogP contribution in [0.1, 0.15) is 74.9 Å². The fraction of sp³-hybridized carbons (Fsp3) is 0.952. The van der Waals surface area contributed by atoms with Crippen molar-refractivity contribution in [2.24, 2.45) is 50.6 Å². The van der Waals surface area contributed by atoms with Crippen molar-refractivity contribution in [3.8, 4) is 0 Å². The molecule has 9 atom stereocenters. The molecule has 5 rings (SSSR count). The van der Waals surface area contributed by atoms with Crippen LogP contribution in [0.25, 0.3) is 0 Å². The molecular weight excluding hydrogens is 312 g/mol. The van der Waals surface area contributed by atoms with E-state index in [-0.39, 0.29) is 22.7 Å². The van der Waals surface area contributed by atoms with Gasteiger partial charge in [-0.2, -0.15) is 10.2 Å². The van der Waals surface area contributed by atoms with Crippen LogP contribution in [0.3, 0.4) is 0 Å². The number of aliphatic hydroxyl groups excluding tert-OH is 1. The van der Waals surface area contributed by atoms with E-state index in [0.29, 0.717) is 30.5 Å². The number of hydrogen-bond donors (Lipinski definition) is 1. The maximum absolute atomic E-state index is 12.4. The summed E-state index contributed by atoms with van der Waals surface area (Å²) in [7, 11) is 0. The van der Waals surface area contributed by atoms with Gasteiger partial charge in [0.05, 0.1) is 6.10 Å². The number of fused-ring (bicyclic) bond motifs is 6. The van der Waals surface area contributed by atoms with Gasteiger partial charge in [-0.15, -0.1) is 0 Å². The van der Waals surface area contributed by atoms with Gasteiger partial charge in [-0.1, -0.05) is 13.8 Å². The first-order chi connectivity index (χ1) is 12.6. The Morgan fingerprint density at radius 2 is 1.92 bits per heavy atom. The SMILES string of the molecule is [3H][C@H]1[C@H](O)CC[C@]2(C)[C@@H]3[C@@H](CC[C@@]12[3H])[C@@H]1CC[C@H](C(C)=O)[C@@]1(C)CC31N=N1. The summed E-state index contributed by atoms with van der Waals surface area (Å²) < 4.78 is 17.9. The highest BCUT2D eigenvalue weighted by Crippen LogP contribution is 2.73. The third-order valence-electron chi connectivity index (χ3n) is 8.86. The first-order valence-corrected chi connectivity index (χ1v) is 10.1. The van der Waals surface area contributed by atoms with Crippen molar-refractivity contribution in [2.75, 3.05) is 0 Å². The van der Waals surface area contributed by atoms with E-state index < -0.39 is 24.1 Å². The van der Waals surface area contributed by atoms with E-state index in [0.717, 1.165) is 32.1 Å². The van der Waals surface area contributed by atoms with E-state index in [1.165, 1.54) is 0 Å². The van der Waals surface area contributed by atoms with Crippen LogP contribution >= 0.6 is 0 Å². The lowest BCUT2D eigenvalue weighted by atomic mass is 9.42. The second kappa shape index (κ2) is 4.94. The van der Waals surface area contributed by atoms with Crippen molar-refractivity contribution in [2.45, 2.75) is 83.9 Å². The second-order valence-electron chi connectivity index (χ2n) is 10.0. The first kappa shape index (κ1) is 14.3. The fourth-order valence-corrected chi connectivity index (χ4v) is 7.91. The minimum atomic E-state index is -0.932. The smallest absolute Gasteiger partial charge is 0.195 e. The summed E-state index contributed by atoms with van der Waals surface area (Å²) in [6.07, 6.45) is 4.39. The molecule has 0 aromatic carbocycles. The van der Waals surface area contributed by atoms with Crippen molar-refractivity contribution in [3.63, 3.8) is 0 Å². The highest BCUT2D eigenvalue weighted by Gasteiger charge is 2.71. The zero-order valence-corrected chi connectivity index (χ0v) is 15.7. The van der Waals surface area contributed by atoms with Crippen LogP contribution < -0.4 is 0 Å². The van der Waals surface area contributed by atoms with Crippen LogP contribution in [0.2, 0.25) is 0 Å². The number of hydrogen-bond acceptors (Lipinski definition) is 4. The largest absolute Gasteiger partial charge is 0.393 e. The Hall–Kier alpha value is -0.770. The molecule has 25 heavy (non-hydrogen) atoms. The van der Waals surface area contributed by atoms with E-state index in [1.54, 1.807) is 6.92 Å². The summed E-state index contributed by atoms with van der Waals surface area (Å²) in [5.74, 6) is 0.579. The molecule has 0 bridgehead atoms. The topological polar surface area (TPSA) is 62.0 Å². The quantitative estimate of drug-likeness (QED) is 0.765. The van der Waals surface area contributed by atoms with E-state index >= 15 is 0 Å². The summed E-state index contributed by atoms with van der Waals surface area (Å²) in [4.78, 5) is 12.4. The van der Waals surface area contributed by atoms with Crippen LogP contribution in [0.15, 0.2) is 10.2 Å². The normalized spacial score (nSPS) is 62.4. The summed E-state index contributed by atoms with van der Waals surface area (Å²) in [6, 6.07) is 0. The van der Waals surface area contributed by atoms with E-state index in [4.69, 9.17) is 1.37 Å². The van der Waals surface area contributed by atoms with Crippen LogP contribution in [0.4, 0.5) is 0 Å². The monoisotopic (exact) mass is 348 g/mol. The molecule has 0 saturated heterocycles. The maximum atomic E-state index is 12.4. The molecule has 0 radical (unpaired) electrons. The highest BCUT2D eigenvalue weighted by atomic mass is 16.3. The van der Waals surface area contributed by atoms with Gasteiger partial charge < -0.3 is 5.11 Å². The summed E-state index contributed by atoms with van der Waals surface area (Å²) in [5, 5.41) is 19.5. The Balaban J connectivity index is 1.58. The molecule has 4 nitrogen and oxygen atoms in total. The zero-order chi connectivity index (χ0) is 19.4. The molecule has 4 saturated carbocycles. The van der Waals surface area contributed by atoms with Gasteiger partial charge in [0.15, 0.2) is 5.66 Å². The number of Topliss-reactive ketones (excluding diaryl/α,β-unsaturated/α-hetero) is 1. The predicted octanol–water partition coefficient (Wildman–Crippen LogP) is 4.37. The fourth-order valence-electron chi connectivity index (χ4n) is 7.91. The molecule has 0 unspecified atom stereocenters. The van der Waals surface area contributed by atoms with Crippen molar-refractivity contribution < 1.29 is 12.6 Å². The molecule has 138 valence electrons. The molecule has 4 heteroatoms. The van der Waals surface area contributed by atoms with E-state index in [1.807, 2.05) is 0 Å². The molecule has 4 fully saturated rings. The molecule has 0 aromatic heterocycles. The Kier molecular flexibility index (Phi) is 2.82. The van der Waals surface area contributed by atoms with Gasteiger partial charge in [0, 0.05) is 21.0 Å². The number of carbonyl (C=O) groups is 1. The molecule has 1 heterocycles. The van der Waals surface area contributed by atoms with E-state index in [9.17, 15) is 11.3 Å². The number of carbonyl (C=O) groups excluding carboxylic acids is 1.